The number of benzene rings is 1. The summed E-state index contributed by atoms with van der Waals surface area (Å²) in [7, 11) is 0. The zero-order valence-corrected chi connectivity index (χ0v) is 15.1. The standard InChI is InChI=1S/C17H16F3N5S/c1-9(15-10(2)26-11(3)23-15)22-16-24-14(8-21-25-16)12-5-4-6-13(7-12)17(18,19)20/h4-9H,1-3H3,(H,22,24,25). The Morgan fingerprint density at radius 2 is 1.92 bits per heavy atom. The lowest BCUT2D eigenvalue weighted by Crippen LogP contribution is -2.12. The number of aromatic nitrogens is 4. The highest BCUT2D eigenvalue weighted by atomic mass is 32.1. The second kappa shape index (κ2) is 6.99. The fourth-order valence-electron chi connectivity index (χ4n) is 2.57. The number of alkyl halides is 3. The molecule has 3 aromatic rings. The zero-order chi connectivity index (χ0) is 18.9. The second-order valence-electron chi connectivity index (χ2n) is 5.78. The molecule has 2 heterocycles. The third kappa shape index (κ3) is 3.98. The highest BCUT2D eigenvalue weighted by Crippen LogP contribution is 2.32. The van der Waals surface area contributed by atoms with Crippen molar-refractivity contribution in [2.45, 2.75) is 33.0 Å². The van der Waals surface area contributed by atoms with Gasteiger partial charge in [-0.25, -0.2) is 9.97 Å². The first-order chi connectivity index (χ1) is 12.2. The van der Waals surface area contributed by atoms with Gasteiger partial charge in [0, 0.05) is 10.4 Å². The summed E-state index contributed by atoms with van der Waals surface area (Å²) in [6.45, 7) is 5.83. The smallest absolute Gasteiger partial charge is 0.345 e. The summed E-state index contributed by atoms with van der Waals surface area (Å²) in [6, 6.07) is 4.81. The number of nitrogens with one attached hydrogen (secondary N) is 1. The van der Waals surface area contributed by atoms with E-state index in [0.717, 1.165) is 27.7 Å². The third-order valence-electron chi connectivity index (χ3n) is 3.74. The average molecular weight is 379 g/mol. The Morgan fingerprint density at radius 3 is 2.58 bits per heavy atom. The highest BCUT2D eigenvalue weighted by molar-refractivity contribution is 7.11. The summed E-state index contributed by atoms with van der Waals surface area (Å²) in [5.41, 5.74) is 0.795. The number of aryl methyl sites for hydroxylation is 2. The molecule has 26 heavy (non-hydrogen) atoms. The van der Waals surface area contributed by atoms with Gasteiger partial charge in [0.25, 0.3) is 0 Å². The second-order valence-corrected chi connectivity index (χ2v) is 7.19. The zero-order valence-electron chi connectivity index (χ0n) is 14.3. The number of hydrogen-bond donors (Lipinski definition) is 1. The van der Waals surface area contributed by atoms with E-state index in [2.05, 4.69) is 25.5 Å². The van der Waals surface area contributed by atoms with E-state index in [0.29, 0.717) is 11.3 Å². The number of anilines is 1. The fraction of sp³-hybridized carbons (Fsp3) is 0.294. The van der Waals surface area contributed by atoms with Crippen LogP contribution in [0.4, 0.5) is 19.1 Å². The molecule has 5 nitrogen and oxygen atoms in total. The number of nitrogens with zero attached hydrogens (tertiary/aromatic N) is 4. The van der Waals surface area contributed by atoms with Gasteiger partial charge in [-0.15, -0.1) is 16.4 Å². The van der Waals surface area contributed by atoms with Gasteiger partial charge in [0.1, 0.15) is 0 Å². The molecule has 0 spiro atoms. The predicted molar refractivity (Wildman–Crippen MR) is 93.9 cm³/mol. The van der Waals surface area contributed by atoms with Gasteiger partial charge in [0.15, 0.2) is 0 Å². The monoisotopic (exact) mass is 379 g/mol. The molecule has 0 saturated carbocycles. The first-order valence-electron chi connectivity index (χ1n) is 7.82. The summed E-state index contributed by atoms with van der Waals surface area (Å²) < 4.78 is 38.7. The molecule has 0 aliphatic carbocycles. The summed E-state index contributed by atoms with van der Waals surface area (Å²) >= 11 is 1.60. The van der Waals surface area contributed by atoms with E-state index < -0.39 is 11.7 Å². The van der Waals surface area contributed by atoms with Crippen molar-refractivity contribution in [2.24, 2.45) is 0 Å². The lowest BCUT2D eigenvalue weighted by Gasteiger charge is -2.13. The van der Waals surface area contributed by atoms with Crippen LogP contribution in [0.1, 0.15) is 34.1 Å². The lowest BCUT2D eigenvalue weighted by atomic mass is 10.1. The van der Waals surface area contributed by atoms with Gasteiger partial charge in [0.05, 0.1) is 34.2 Å². The maximum atomic E-state index is 12.9. The Kier molecular flexibility index (Phi) is 4.90. The number of hydrogen-bond acceptors (Lipinski definition) is 6. The van der Waals surface area contributed by atoms with Crippen LogP contribution in [0.5, 0.6) is 0 Å². The van der Waals surface area contributed by atoms with Crippen molar-refractivity contribution < 1.29 is 13.2 Å². The van der Waals surface area contributed by atoms with Crippen molar-refractivity contribution in [3.05, 3.63) is 51.6 Å². The Labute approximate surface area is 152 Å². The van der Waals surface area contributed by atoms with E-state index in [1.165, 1.54) is 12.3 Å². The maximum Gasteiger partial charge on any atom is 0.416 e. The molecule has 2 aromatic heterocycles. The van der Waals surface area contributed by atoms with Crippen LogP contribution >= 0.6 is 11.3 Å². The van der Waals surface area contributed by atoms with E-state index in [-0.39, 0.29) is 12.0 Å². The Balaban J connectivity index is 1.86. The summed E-state index contributed by atoms with van der Waals surface area (Å²) in [5, 5.41) is 11.8. The molecule has 3 rings (SSSR count). The van der Waals surface area contributed by atoms with E-state index in [4.69, 9.17) is 0 Å². The largest absolute Gasteiger partial charge is 0.416 e. The first kappa shape index (κ1) is 18.2. The first-order valence-corrected chi connectivity index (χ1v) is 8.63. The molecule has 0 radical (unpaired) electrons. The van der Waals surface area contributed by atoms with Gasteiger partial charge in [0.2, 0.25) is 5.95 Å². The van der Waals surface area contributed by atoms with Gasteiger partial charge < -0.3 is 5.32 Å². The number of rotatable bonds is 4. The van der Waals surface area contributed by atoms with E-state index in [1.807, 2.05) is 20.8 Å². The van der Waals surface area contributed by atoms with E-state index in [1.54, 1.807) is 17.4 Å². The minimum absolute atomic E-state index is 0.154. The quantitative estimate of drug-likeness (QED) is 0.705. The van der Waals surface area contributed by atoms with Crippen LogP contribution in [0.3, 0.4) is 0 Å². The van der Waals surface area contributed by atoms with Crippen molar-refractivity contribution in [1.82, 2.24) is 20.2 Å². The van der Waals surface area contributed by atoms with Crippen LogP contribution < -0.4 is 5.32 Å². The van der Waals surface area contributed by atoms with Crippen LogP contribution in [-0.2, 0) is 6.18 Å². The maximum absolute atomic E-state index is 12.9. The van der Waals surface area contributed by atoms with Crippen LogP contribution in [0.25, 0.3) is 11.3 Å². The topological polar surface area (TPSA) is 63.6 Å². The van der Waals surface area contributed by atoms with Gasteiger partial charge in [-0.3, -0.25) is 0 Å². The van der Waals surface area contributed by atoms with Crippen molar-refractivity contribution >= 4 is 17.3 Å². The molecule has 1 N–H and O–H groups in total. The van der Waals surface area contributed by atoms with Gasteiger partial charge >= 0.3 is 6.18 Å². The van der Waals surface area contributed by atoms with Crippen LogP contribution in [-0.4, -0.2) is 20.2 Å². The third-order valence-corrected chi connectivity index (χ3v) is 4.64. The molecule has 0 aliphatic rings. The molecule has 9 heteroatoms. The van der Waals surface area contributed by atoms with E-state index in [9.17, 15) is 13.2 Å². The number of thiazole rings is 1. The molecule has 1 aromatic carbocycles. The van der Waals surface area contributed by atoms with Crippen molar-refractivity contribution in [3.8, 4) is 11.3 Å². The Bertz CT molecular complexity index is 923. The van der Waals surface area contributed by atoms with Gasteiger partial charge in [-0.1, -0.05) is 12.1 Å². The fourth-order valence-corrected chi connectivity index (χ4v) is 3.48. The molecule has 0 saturated heterocycles. The van der Waals surface area contributed by atoms with Crippen LogP contribution in [0, 0.1) is 13.8 Å². The van der Waals surface area contributed by atoms with Crippen molar-refractivity contribution in [1.29, 1.82) is 0 Å². The highest BCUT2D eigenvalue weighted by Gasteiger charge is 2.30. The number of halogens is 3. The SMILES string of the molecule is Cc1nc(C(C)Nc2nncc(-c3cccc(C(F)(F)F)c3)n2)c(C)s1. The Hall–Kier alpha value is -2.55. The molecular formula is C17H16F3N5S. The average Bonchev–Trinajstić information content (AvgIpc) is 2.93. The van der Waals surface area contributed by atoms with Crippen LogP contribution in [0.2, 0.25) is 0 Å². The molecule has 0 bridgehead atoms. The summed E-state index contributed by atoms with van der Waals surface area (Å²) in [5.74, 6) is 0.234. The summed E-state index contributed by atoms with van der Waals surface area (Å²) in [4.78, 5) is 9.86. The normalized spacial score (nSPS) is 12.8. The minimum atomic E-state index is -4.41. The Morgan fingerprint density at radius 1 is 1.15 bits per heavy atom. The lowest BCUT2D eigenvalue weighted by molar-refractivity contribution is -0.137. The van der Waals surface area contributed by atoms with Crippen molar-refractivity contribution in [3.63, 3.8) is 0 Å². The van der Waals surface area contributed by atoms with Crippen LogP contribution in [0.15, 0.2) is 30.5 Å². The molecule has 1 atom stereocenters. The molecule has 0 amide bonds. The molecule has 0 aliphatic heterocycles. The molecule has 136 valence electrons. The van der Waals surface area contributed by atoms with Crippen molar-refractivity contribution in [2.75, 3.05) is 5.32 Å². The van der Waals surface area contributed by atoms with Gasteiger partial charge in [-0.2, -0.15) is 18.3 Å². The van der Waals surface area contributed by atoms with E-state index >= 15 is 0 Å². The predicted octanol–water partition coefficient (Wildman–Crippen LogP) is 4.80. The van der Waals surface area contributed by atoms with Gasteiger partial charge in [-0.05, 0) is 32.9 Å². The summed E-state index contributed by atoms with van der Waals surface area (Å²) in [6.07, 6.45) is -3.07. The molecule has 1 unspecified atom stereocenters. The minimum Gasteiger partial charge on any atom is -0.345 e. The molecular weight excluding hydrogens is 363 g/mol. The molecule has 0 fully saturated rings.